The van der Waals surface area contributed by atoms with Crippen LogP contribution in [0.3, 0.4) is 0 Å². The highest BCUT2D eigenvalue weighted by atomic mass is 32.2. The number of nitrogen functional groups attached to an aromatic ring is 1. The summed E-state index contributed by atoms with van der Waals surface area (Å²) in [5.41, 5.74) is 6.94. The molecule has 110 valence electrons. The number of aromatic nitrogens is 2. The second kappa shape index (κ2) is 5.42. The number of hydrogen-bond acceptors (Lipinski definition) is 6. The third-order valence-electron chi connectivity index (χ3n) is 3.48. The highest BCUT2D eigenvalue weighted by molar-refractivity contribution is 7.92. The lowest BCUT2D eigenvalue weighted by atomic mass is 10.2. The predicted octanol–water partition coefficient (Wildman–Crippen LogP) is 1.29. The average molecular weight is 305 g/mol. The van der Waals surface area contributed by atoms with Gasteiger partial charge in [0.2, 0.25) is 0 Å². The van der Waals surface area contributed by atoms with E-state index in [9.17, 15) is 8.42 Å². The first kappa shape index (κ1) is 14.0. The first-order valence-corrected chi connectivity index (χ1v) is 8.11. The van der Waals surface area contributed by atoms with E-state index < -0.39 is 15.1 Å². The quantitative estimate of drug-likeness (QED) is 0.918. The molecule has 2 aromatic rings. The Hall–Kier alpha value is -1.99. The van der Waals surface area contributed by atoms with Gasteiger partial charge in [-0.15, -0.1) is 0 Å². The number of sulfone groups is 1. The molecule has 1 aromatic carbocycles. The highest BCUT2D eigenvalue weighted by Gasteiger charge is 2.30. The van der Waals surface area contributed by atoms with Gasteiger partial charge in [-0.25, -0.2) is 13.4 Å². The first-order valence-electron chi connectivity index (χ1n) is 6.57. The van der Waals surface area contributed by atoms with E-state index in [0.29, 0.717) is 29.4 Å². The normalized spacial score (nSPS) is 18.8. The van der Waals surface area contributed by atoms with Crippen molar-refractivity contribution >= 4 is 15.7 Å². The lowest BCUT2D eigenvalue weighted by Gasteiger charge is -2.10. The van der Waals surface area contributed by atoms with Crippen molar-refractivity contribution in [3.8, 4) is 11.3 Å². The van der Waals surface area contributed by atoms with Crippen molar-refractivity contribution in [3.05, 3.63) is 36.7 Å². The van der Waals surface area contributed by atoms with Crippen molar-refractivity contribution in [1.82, 2.24) is 9.97 Å². The van der Waals surface area contributed by atoms with E-state index in [1.54, 1.807) is 30.5 Å². The maximum absolute atomic E-state index is 12.4. The summed E-state index contributed by atoms with van der Waals surface area (Å²) in [6.45, 7) is 0.774. The van der Waals surface area contributed by atoms with Crippen molar-refractivity contribution in [2.45, 2.75) is 16.6 Å². The van der Waals surface area contributed by atoms with Crippen LogP contribution in [0.2, 0.25) is 0 Å². The lowest BCUT2D eigenvalue weighted by molar-refractivity contribution is 0.198. The van der Waals surface area contributed by atoms with Gasteiger partial charge in [-0.3, -0.25) is 4.98 Å². The van der Waals surface area contributed by atoms with Gasteiger partial charge in [0.15, 0.2) is 9.84 Å². The summed E-state index contributed by atoms with van der Waals surface area (Å²) < 4.78 is 30.0. The van der Waals surface area contributed by atoms with Crippen molar-refractivity contribution in [1.29, 1.82) is 0 Å². The molecule has 1 aliphatic rings. The number of hydrogen-bond donors (Lipinski definition) is 1. The molecule has 0 amide bonds. The molecule has 1 aromatic heterocycles. The molecule has 3 rings (SSSR count). The Morgan fingerprint density at radius 2 is 1.90 bits per heavy atom. The van der Waals surface area contributed by atoms with Crippen LogP contribution in [0.5, 0.6) is 0 Å². The number of nitrogens with zero attached hydrogens (tertiary/aromatic N) is 2. The van der Waals surface area contributed by atoms with E-state index >= 15 is 0 Å². The fraction of sp³-hybridized carbons (Fsp3) is 0.286. The minimum absolute atomic E-state index is 0.271. The van der Waals surface area contributed by atoms with Gasteiger partial charge in [-0.1, -0.05) is 12.1 Å². The van der Waals surface area contributed by atoms with Crippen molar-refractivity contribution in [2.75, 3.05) is 18.9 Å². The molecule has 2 heterocycles. The summed E-state index contributed by atoms with van der Waals surface area (Å²) in [5.74, 6) is 0.346. The van der Waals surface area contributed by atoms with Crippen molar-refractivity contribution in [3.63, 3.8) is 0 Å². The van der Waals surface area contributed by atoms with Crippen molar-refractivity contribution < 1.29 is 13.2 Å². The molecule has 7 heteroatoms. The summed E-state index contributed by atoms with van der Waals surface area (Å²) in [4.78, 5) is 8.44. The predicted molar refractivity (Wildman–Crippen MR) is 78.3 cm³/mol. The molecule has 1 unspecified atom stereocenters. The molecule has 1 aliphatic heterocycles. The van der Waals surface area contributed by atoms with Crippen LogP contribution in [0.25, 0.3) is 11.3 Å². The minimum atomic E-state index is -3.33. The number of rotatable bonds is 3. The Balaban J connectivity index is 1.88. The number of ether oxygens (including phenoxy) is 1. The first-order chi connectivity index (χ1) is 10.1. The van der Waals surface area contributed by atoms with Crippen LogP contribution in [0, 0.1) is 0 Å². The molecule has 1 atom stereocenters. The Kier molecular flexibility index (Phi) is 3.60. The van der Waals surface area contributed by atoms with Gasteiger partial charge in [-0.2, -0.15) is 0 Å². The largest absolute Gasteiger partial charge is 0.382 e. The Bertz CT molecular complexity index is 721. The van der Waals surface area contributed by atoms with Gasteiger partial charge in [0.05, 0.1) is 34.8 Å². The monoisotopic (exact) mass is 305 g/mol. The van der Waals surface area contributed by atoms with Crippen LogP contribution in [0.15, 0.2) is 41.6 Å². The number of benzene rings is 1. The summed E-state index contributed by atoms with van der Waals surface area (Å²) in [6, 6.07) is 6.65. The van der Waals surface area contributed by atoms with Crippen LogP contribution in [-0.4, -0.2) is 36.8 Å². The van der Waals surface area contributed by atoms with Crippen LogP contribution < -0.4 is 5.73 Å². The molecule has 0 saturated carbocycles. The van der Waals surface area contributed by atoms with Crippen LogP contribution in [-0.2, 0) is 14.6 Å². The second-order valence-electron chi connectivity index (χ2n) is 4.88. The molecule has 6 nitrogen and oxygen atoms in total. The second-order valence-corrected chi connectivity index (χ2v) is 7.11. The Morgan fingerprint density at radius 3 is 2.48 bits per heavy atom. The van der Waals surface area contributed by atoms with Crippen LogP contribution in [0.4, 0.5) is 5.82 Å². The van der Waals surface area contributed by atoms with Crippen LogP contribution >= 0.6 is 0 Å². The van der Waals surface area contributed by atoms with Crippen LogP contribution in [0.1, 0.15) is 6.42 Å². The molecule has 0 aliphatic carbocycles. The van der Waals surface area contributed by atoms with Gasteiger partial charge in [-0.05, 0) is 18.6 Å². The van der Waals surface area contributed by atoms with Gasteiger partial charge < -0.3 is 10.5 Å². The molecule has 2 N–H and O–H groups in total. The molecular weight excluding hydrogens is 290 g/mol. The van der Waals surface area contributed by atoms with Gasteiger partial charge >= 0.3 is 0 Å². The fourth-order valence-corrected chi connectivity index (χ4v) is 3.83. The van der Waals surface area contributed by atoms with Crippen molar-refractivity contribution in [2.24, 2.45) is 0 Å². The molecular formula is C14H15N3O3S. The zero-order valence-corrected chi connectivity index (χ0v) is 12.1. The smallest absolute Gasteiger partial charge is 0.183 e. The van der Waals surface area contributed by atoms with E-state index in [4.69, 9.17) is 10.5 Å². The Morgan fingerprint density at radius 1 is 1.14 bits per heavy atom. The minimum Gasteiger partial charge on any atom is -0.382 e. The SMILES string of the molecule is Nc1cnc(-c2ccc(S(=O)(=O)C3CCOC3)cc2)cn1. The summed E-state index contributed by atoms with van der Waals surface area (Å²) >= 11 is 0. The Labute approximate surface area is 122 Å². The van der Waals surface area contributed by atoms with E-state index in [0.717, 1.165) is 5.56 Å². The van der Waals surface area contributed by atoms with Gasteiger partial charge in [0.1, 0.15) is 5.82 Å². The molecule has 1 saturated heterocycles. The lowest BCUT2D eigenvalue weighted by Crippen LogP contribution is -2.21. The zero-order chi connectivity index (χ0) is 14.9. The molecule has 0 bridgehead atoms. The molecule has 21 heavy (non-hydrogen) atoms. The van der Waals surface area contributed by atoms with E-state index in [1.165, 1.54) is 6.20 Å². The third kappa shape index (κ3) is 2.74. The maximum atomic E-state index is 12.4. The van der Waals surface area contributed by atoms with Gasteiger partial charge in [0.25, 0.3) is 0 Å². The highest BCUT2D eigenvalue weighted by Crippen LogP contribution is 2.25. The molecule has 0 radical (unpaired) electrons. The van der Waals surface area contributed by atoms with E-state index in [2.05, 4.69) is 9.97 Å². The summed E-state index contributed by atoms with van der Waals surface area (Å²) in [5, 5.41) is -0.445. The number of anilines is 1. The zero-order valence-electron chi connectivity index (χ0n) is 11.3. The van der Waals surface area contributed by atoms with Gasteiger partial charge in [0, 0.05) is 12.2 Å². The third-order valence-corrected chi connectivity index (χ3v) is 5.66. The maximum Gasteiger partial charge on any atom is 0.183 e. The topological polar surface area (TPSA) is 95.2 Å². The molecule has 0 spiro atoms. The van der Waals surface area contributed by atoms with E-state index in [1.807, 2.05) is 0 Å². The molecule has 1 fully saturated rings. The van der Waals surface area contributed by atoms with E-state index in [-0.39, 0.29) is 6.61 Å². The summed E-state index contributed by atoms with van der Waals surface area (Å²) in [7, 11) is -3.33. The number of nitrogens with two attached hydrogens (primary N) is 1. The average Bonchev–Trinajstić information content (AvgIpc) is 3.03. The fourth-order valence-electron chi connectivity index (χ4n) is 2.25. The standard InChI is InChI=1S/C14H15N3O3S/c15-14-8-16-13(7-17-14)10-1-3-11(4-2-10)21(18,19)12-5-6-20-9-12/h1-4,7-8,12H,5-6,9H2,(H2,15,17). The summed E-state index contributed by atoms with van der Waals surface area (Å²) in [6.07, 6.45) is 3.58.